The Morgan fingerprint density at radius 3 is 2.36 bits per heavy atom. The summed E-state index contributed by atoms with van der Waals surface area (Å²) < 4.78 is 20.2. The van der Waals surface area contributed by atoms with Crippen molar-refractivity contribution < 1.29 is 13.6 Å². The molecule has 0 atom stereocenters. The topological polar surface area (TPSA) is 90.4 Å². The minimum atomic E-state index is -0.419. The van der Waals surface area contributed by atoms with Gasteiger partial charge in [-0.05, 0) is 35.2 Å². The maximum atomic E-state index is 13.4. The van der Waals surface area contributed by atoms with E-state index in [1.165, 1.54) is 7.05 Å². The zero-order valence-electron chi connectivity index (χ0n) is 22.0. The fourth-order valence-electron chi connectivity index (χ4n) is 5.44. The van der Waals surface area contributed by atoms with Crippen molar-refractivity contribution in [3.8, 4) is 5.75 Å². The summed E-state index contributed by atoms with van der Waals surface area (Å²) in [5.41, 5.74) is 4.19. The van der Waals surface area contributed by atoms with Crippen LogP contribution in [0.15, 0.2) is 85.2 Å². The molecule has 0 saturated carbocycles. The van der Waals surface area contributed by atoms with Crippen LogP contribution in [0.5, 0.6) is 5.75 Å². The van der Waals surface area contributed by atoms with Gasteiger partial charge in [0.05, 0.1) is 10.9 Å². The predicted molar refractivity (Wildman–Crippen MR) is 154 cm³/mol. The number of H-pyrrole nitrogens is 1. The molecule has 0 aliphatic heterocycles. The number of nitrogens with one attached hydrogen (secondary N) is 1. The molecule has 0 saturated heterocycles. The molecule has 0 amide bonds. The Kier molecular flexibility index (Phi) is 4.85. The minimum absolute atomic E-state index is 0.209. The molecule has 0 aliphatic carbocycles. The highest BCUT2D eigenvalue weighted by Gasteiger charge is 2.26. The summed E-state index contributed by atoms with van der Waals surface area (Å²) >= 11 is 0. The lowest BCUT2D eigenvalue weighted by Gasteiger charge is -2.20. The molecule has 7 rings (SSSR count). The average molecular weight is 519 g/mol. The van der Waals surface area contributed by atoms with E-state index in [0.29, 0.717) is 45.4 Å². The third-order valence-corrected chi connectivity index (χ3v) is 7.42. The van der Waals surface area contributed by atoms with E-state index < -0.39 is 5.56 Å². The fraction of sp³-hybridized carbons (Fsp3) is 0.188. The number of fused-ring (bicyclic) bond motifs is 9. The van der Waals surface area contributed by atoms with Crippen LogP contribution in [0.2, 0.25) is 0 Å². The van der Waals surface area contributed by atoms with E-state index in [1.54, 1.807) is 0 Å². The number of benzene rings is 4. The van der Waals surface area contributed by atoms with Gasteiger partial charge in [-0.25, -0.2) is 0 Å². The SMILES string of the molecule is Cn1c(=O)c2c3oc4cccc(C(C)(C)C)c4oc3c3[nH]c4ccc(OCc5ccccc5)cc4c3c2c1=O. The lowest BCUT2D eigenvalue weighted by Crippen LogP contribution is -2.21. The van der Waals surface area contributed by atoms with E-state index in [9.17, 15) is 9.59 Å². The van der Waals surface area contributed by atoms with Gasteiger partial charge in [-0.2, -0.15) is 0 Å². The molecule has 39 heavy (non-hydrogen) atoms. The molecule has 0 unspecified atom stereocenters. The first-order valence-electron chi connectivity index (χ1n) is 12.9. The highest BCUT2D eigenvalue weighted by molar-refractivity contribution is 6.29. The quantitative estimate of drug-likeness (QED) is 0.257. The molecule has 7 aromatic rings. The van der Waals surface area contributed by atoms with Crippen LogP contribution in [0.3, 0.4) is 0 Å². The molecule has 0 spiro atoms. The predicted octanol–water partition coefficient (Wildman–Crippen LogP) is 6.90. The summed E-state index contributed by atoms with van der Waals surface area (Å²) in [4.78, 5) is 30.3. The van der Waals surface area contributed by atoms with Crippen LogP contribution in [0.1, 0.15) is 31.9 Å². The molecule has 0 aliphatic rings. The van der Waals surface area contributed by atoms with Crippen molar-refractivity contribution in [2.75, 3.05) is 0 Å². The first kappa shape index (κ1) is 23.3. The average Bonchev–Trinajstić information content (AvgIpc) is 3.41. The van der Waals surface area contributed by atoms with E-state index in [2.05, 4.69) is 25.8 Å². The fourth-order valence-corrected chi connectivity index (χ4v) is 5.44. The molecule has 7 nitrogen and oxygen atoms in total. The number of rotatable bonds is 3. The Balaban J connectivity index is 1.59. The summed E-state index contributed by atoms with van der Waals surface area (Å²) in [5, 5.41) is 1.91. The largest absolute Gasteiger partial charge is 0.489 e. The summed E-state index contributed by atoms with van der Waals surface area (Å²) in [7, 11) is 1.49. The maximum Gasteiger partial charge on any atom is 0.265 e. The van der Waals surface area contributed by atoms with Crippen molar-refractivity contribution in [2.24, 2.45) is 7.05 Å². The van der Waals surface area contributed by atoms with Crippen LogP contribution >= 0.6 is 0 Å². The van der Waals surface area contributed by atoms with Crippen LogP contribution in [-0.2, 0) is 19.1 Å². The number of aromatic nitrogens is 2. The van der Waals surface area contributed by atoms with Gasteiger partial charge >= 0.3 is 0 Å². The second kappa shape index (κ2) is 8.11. The molecule has 0 fully saturated rings. The van der Waals surface area contributed by atoms with Crippen molar-refractivity contribution in [3.63, 3.8) is 0 Å². The number of hydrogen-bond donors (Lipinski definition) is 1. The minimum Gasteiger partial charge on any atom is -0.489 e. The molecule has 3 heterocycles. The number of aromatic amines is 1. The lowest BCUT2D eigenvalue weighted by atomic mass is 9.86. The second-order valence-electron chi connectivity index (χ2n) is 11.0. The monoisotopic (exact) mass is 518 g/mol. The van der Waals surface area contributed by atoms with E-state index in [0.717, 1.165) is 26.6 Å². The second-order valence-corrected chi connectivity index (χ2v) is 11.0. The zero-order chi connectivity index (χ0) is 27.1. The highest BCUT2D eigenvalue weighted by atomic mass is 16.5. The normalized spacial score (nSPS) is 12.4. The van der Waals surface area contributed by atoms with Crippen LogP contribution in [0.25, 0.3) is 54.9 Å². The Hall–Kier alpha value is -4.78. The van der Waals surface area contributed by atoms with Gasteiger partial charge in [0.1, 0.15) is 17.7 Å². The van der Waals surface area contributed by atoms with Gasteiger partial charge < -0.3 is 18.6 Å². The number of ether oxygens (including phenoxy) is 1. The summed E-state index contributed by atoms with van der Waals surface area (Å²) in [6.07, 6.45) is 0. The number of nitrogens with zero attached hydrogens (tertiary/aromatic N) is 1. The standard InChI is InChI=1S/C32H26N2O5/c1-32(2,3)20-11-8-12-22-27(20)39-29-26-23(24-25(28(29)38-22)31(36)34(4)30(24)35)19-15-18(13-14-21(19)33-26)37-16-17-9-6-5-7-10-17/h5-15,33H,16H2,1-4H3. The van der Waals surface area contributed by atoms with Gasteiger partial charge in [-0.15, -0.1) is 0 Å². The van der Waals surface area contributed by atoms with Crippen molar-refractivity contribution in [1.82, 2.24) is 9.55 Å². The van der Waals surface area contributed by atoms with Gasteiger partial charge in [0.15, 0.2) is 22.3 Å². The summed E-state index contributed by atoms with van der Waals surface area (Å²) in [6, 6.07) is 21.4. The van der Waals surface area contributed by atoms with Crippen molar-refractivity contribution in [3.05, 3.63) is 98.6 Å². The molecule has 1 N–H and O–H groups in total. The third-order valence-electron chi connectivity index (χ3n) is 7.42. The smallest absolute Gasteiger partial charge is 0.265 e. The Morgan fingerprint density at radius 1 is 0.821 bits per heavy atom. The Labute approximate surface area is 222 Å². The molecule has 0 radical (unpaired) electrons. The van der Waals surface area contributed by atoms with Gasteiger partial charge in [-0.3, -0.25) is 14.2 Å². The van der Waals surface area contributed by atoms with E-state index in [4.69, 9.17) is 13.6 Å². The van der Waals surface area contributed by atoms with Crippen LogP contribution in [-0.4, -0.2) is 9.55 Å². The molecule has 3 aromatic heterocycles. The first-order valence-corrected chi connectivity index (χ1v) is 12.9. The van der Waals surface area contributed by atoms with E-state index >= 15 is 0 Å². The van der Waals surface area contributed by atoms with Crippen molar-refractivity contribution >= 4 is 54.9 Å². The molecule has 194 valence electrons. The summed E-state index contributed by atoms with van der Waals surface area (Å²) in [6.45, 7) is 6.73. The van der Waals surface area contributed by atoms with E-state index in [-0.39, 0.29) is 21.9 Å². The first-order chi connectivity index (χ1) is 18.7. The van der Waals surface area contributed by atoms with Gasteiger partial charge in [0, 0.05) is 28.9 Å². The van der Waals surface area contributed by atoms with Gasteiger partial charge in [0.2, 0.25) is 0 Å². The van der Waals surface area contributed by atoms with Crippen molar-refractivity contribution in [1.29, 1.82) is 0 Å². The van der Waals surface area contributed by atoms with E-state index in [1.807, 2.05) is 66.7 Å². The summed E-state index contributed by atoms with van der Waals surface area (Å²) in [5.74, 6) is 0.654. The Morgan fingerprint density at radius 2 is 1.59 bits per heavy atom. The van der Waals surface area contributed by atoms with Gasteiger partial charge in [-0.1, -0.05) is 63.2 Å². The molecular formula is C32H26N2O5. The Bertz CT molecular complexity index is 2210. The lowest BCUT2D eigenvalue weighted by molar-refractivity contribution is 0.306. The van der Waals surface area contributed by atoms with Gasteiger partial charge in [0.25, 0.3) is 11.1 Å². The van der Waals surface area contributed by atoms with Crippen LogP contribution in [0.4, 0.5) is 0 Å². The van der Waals surface area contributed by atoms with Crippen LogP contribution in [0, 0.1) is 0 Å². The molecular weight excluding hydrogens is 492 g/mol. The number of para-hydroxylation sites is 1. The highest BCUT2D eigenvalue weighted by Crippen LogP contribution is 2.41. The zero-order valence-corrected chi connectivity index (χ0v) is 22.0. The third kappa shape index (κ3) is 3.43. The molecule has 7 heteroatoms. The number of hydrogen-bond acceptors (Lipinski definition) is 5. The van der Waals surface area contributed by atoms with Crippen LogP contribution < -0.4 is 15.9 Å². The maximum absolute atomic E-state index is 13.4. The van der Waals surface area contributed by atoms with Crippen molar-refractivity contribution in [2.45, 2.75) is 32.8 Å². The molecule has 4 aromatic carbocycles. The molecule has 0 bridgehead atoms.